The third-order valence-corrected chi connectivity index (χ3v) is 5.18. The van der Waals surface area contributed by atoms with Crippen molar-refractivity contribution in [2.75, 3.05) is 0 Å². The Morgan fingerprint density at radius 1 is 0.960 bits per heavy atom. The van der Waals surface area contributed by atoms with Crippen molar-refractivity contribution < 1.29 is 37.3 Å². The maximum atomic E-state index is 14.0. The second kappa shape index (κ2) is 8.08. The van der Waals surface area contributed by atoms with Crippen LogP contribution in [0.25, 0.3) is 0 Å². The first-order valence-corrected chi connectivity index (χ1v) is 9.38. The average molecular weight is 694 g/mol. The van der Waals surface area contributed by atoms with E-state index in [2.05, 4.69) is 0 Å². The molecule has 0 bridgehead atoms. The standard InChI is InChI=1S/C14H5F4I3O4/c15-8-6(13(22)23)7(9(16)11(18)10(8)17)14(24)25-12-4(20)1-3(19)2-5(12)21/h1-2,14,24H,(H,22,23). The Labute approximate surface area is 179 Å². The summed E-state index contributed by atoms with van der Waals surface area (Å²) >= 11 is 5.72. The number of aromatic carboxylic acids is 1. The van der Waals surface area contributed by atoms with E-state index < -0.39 is 46.7 Å². The van der Waals surface area contributed by atoms with Gasteiger partial charge in [-0.15, -0.1) is 0 Å². The minimum atomic E-state index is -2.38. The first kappa shape index (κ1) is 20.9. The van der Waals surface area contributed by atoms with Gasteiger partial charge >= 0.3 is 5.97 Å². The molecule has 2 rings (SSSR count). The Bertz CT molecular complexity index is 853. The van der Waals surface area contributed by atoms with E-state index in [1.165, 1.54) is 0 Å². The van der Waals surface area contributed by atoms with Crippen molar-refractivity contribution in [3.63, 3.8) is 0 Å². The number of rotatable bonds is 4. The highest BCUT2D eigenvalue weighted by atomic mass is 127. The summed E-state index contributed by atoms with van der Waals surface area (Å²) in [6.07, 6.45) is -2.38. The maximum absolute atomic E-state index is 14.0. The molecule has 11 heteroatoms. The zero-order valence-electron chi connectivity index (χ0n) is 11.6. The predicted octanol–water partition coefficient (Wildman–Crippen LogP) is 4.82. The zero-order chi connectivity index (χ0) is 19.0. The molecule has 1 unspecified atom stereocenters. The largest absolute Gasteiger partial charge is 0.478 e. The van der Waals surface area contributed by atoms with E-state index >= 15 is 0 Å². The molecule has 0 radical (unpaired) electrons. The lowest BCUT2D eigenvalue weighted by molar-refractivity contribution is -0.0252. The van der Waals surface area contributed by atoms with Crippen LogP contribution in [0.1, 0.15) is 22.2 Å². The molecule has 0 fully saturated rings. The lowest BCUT2D eigenvalue weighted by atomic mass is 10.0. The molecule has 0 saturated carbocycles. The van der Waals surface area contributed by atoms with Gasteiger partial charge in [-0.25, -0.2) is 22.4 Å². The smallest absolute Gasteiger partial charge is 0.339 e. The second-order valence-corrected chi connectivity index (χ2v) is 8.09. The van der Waals surface area contributed by atoms with Crippen LogP contribution in [0, 0.1) is 34.0 Å². The third kappa shape index (κ3) is 4.13. The number of aliphatic hydroxyl groups is 1. The lowest BCUT2D eigenvalue weighted by Crippen LogP contribution is -2.20. The molecule has 2 aromatic rings. The maximum Gasteiger partial charge on any atom is 0.339 e. The minimum Gasteiger partial charge on any atom is -0.478 e. The van der Waals surface area contributed by atoms with Crippen LogP contribution in [0.2, 0.25) is 0 Å². The number of hydrogen-bond acceptors (Lipinski definition) is 3. The topological polar surface area (TPSA) is 66.8 Å². The molecule has 0 aliphatic rings. The fraction of sp³-hybridized carbons (Fsp3) is 0.0714. The van der Waals surface area contributed by atoms with Gasteiger partial charge in [-0.1, -0.05) is 0 Å². The molecular weight excluding hydrogens is 689 g/mol. The SMILES string of the molecule is O=C(O)c1c(F)c(F)c(F)c(F)c1C(O)Oc1c(I)cc(I)cc1I. The normalized spacial score (nSPS) is 12.2. The number of hydrogen-bond donors (Lipinski definition) is 2. The zero-order valence-corrected chi connectivity index (χ0v) is 18.1. The summed E-state index contributed by atoms with van der Waals surface area (Å²) in [7, 11) is 0. The van der Waals surface area contributed by atoms with Gasteiger partial charge in [0.2, 0.25) is 6.29 Å². The molecule has 0 aromatic heterocycles. The van der Waals surface area contributed by atoms with E-state index in [0.717, 1.165) is 3.57 Å². The van der Waals surface area contributed by atoms with Gasteiger partial charge in [0.25, 0.3) is 0 Å². The molecule has 4 nitrogen and oxygen atoms in total. The van der Waals surface area contributed by atoms with Crippen LogP contribution < -0.4 is 4.74 Å². The van der Waals surface area contributed by atoms with Crippen LogP contribution in [-0.4, -0.2) is 16.2 Å². The van der Waals surface area contributed by atoms with Crippen molar-refractivity contribution in [2.24, 2.45) is 0 Å². The second-order valence-electron chi connectivity index (χ2n) is 4.52. The highest BCUT2D eigenvalue weighted by Gasteiger charge is 2.34. The fourth-order valence-corrected chi connectivity index (χ4v) is 5.74. The molecule has 25 heavy (non-hydrogen) atoms. The number of carbonyl (C=O) groups is 1. The summed E-state index contributed by atoms with van der Waals surface area (Å²) < 4.78 is 61.4. The van der Waals surface area contributed by atoms with E-state index in [1.807, 2.05) is 67.8 Å². The summed E-state index contributed by atoms with van der Waals surface area (Å²) in [6, 6.07) is 3.29. The van der Waals surface area contributed by atoms with E-state index in [9.17, 15) is 27.5 Å². The van der Waals surface area contributed by atoms with Gasteiger partial charge in [0.05, 0.1) is 12.7 Å². The average Bonchev–Trinajstić information content (AvgIpc) is 2.51. The van der Waals surface area contributed by atoms with Gasteiger partial charge in [0, 0.05) is 3.57 Å². The van der Waals surface area contributed by atoms with Crippen molar-refractivity contribution in [1.29, 1.82) is 0 Å². The molecule has 0 aliphatic heterocycles. The first-order valence-electron chi connectivity index (χ1n) is 6.14. The molecule has 1 atom stereocenters. The van der Waals surface area contributed by atoms with Gasteiger partial charge in [-0.05, 0) is 79.9 Å². The minimum absolute atomic E-state index is 0.0509. The molecule has 0 heterocycles. The van der Waals surface area contributed by atoms with E-state index in [0.29, 0.717) is 7.14 Å². The molecule has 134 valence electrons. The number of benzene rings is 2. The number of carboxylic acid groups (broad SMARTS) is 1. The molecule has 0 aliphatic carbocycles. The summed E-state index contributed by atoms with van der Waals surface area (Å²) in [5, 5.41) is 19.0. The van der Waals surface area contributed by atoms with E-state index in [-0.39, 0.29) is 5.75 Å². The van der Waals surface area contributed by atoms with Gasteiger partial charge in [-0.3, -0.25) is 0 Å². The summed E-state index contributed by atoms with van der Waals surface area (Å²) in [6.45, 7) is 0. The summed E-state index contributed by atoms with van der Waals surface area (Å²) in [4.78, 5) is 11.1. The van der Waals surface area contributed by atoms with Crippen molar-refractivity contribution in [1.82, 2.24) is 0 Å². The molecule has 0 saturated heterocycles. The van der Waals surface area contributed by atoms with E-state index in [4.69, 9.17) is 9.84 Å². The fourth-order valence-electron chi connectivity index (χ4n) is 1.90. The predicted molar refractivity (Wildman–Crippen MR) is 103 cm³/mol. The van der Waals surface area contributed by atoms with Gasteiger partial charge in [0.1, 0.15) is 11.3 Å². The lowest BCUT2D eigenvalue weighted by Gasteiger charge is -2.19. The number of halogens is 7. The quantitative estimate of drug-likeness (QED) is 0.159. The Morgan fingerprint density at radius 3 is 1.92 bits per heavy atom. The highest BCUT2D eigenvalue weighted by Crippen LogP contribution is 2.35. The summed E-state index contributed by atoms with van der Waals surface area (Å²) in [5.41, 5.74) is -2.88. The molecule has 0 amide bonds. The van der Waals surface area contributed by atoms with Crippen molar-refractivity contribution in [2.45, 2.75) is 6.29 Å². The highest BCUT2D eigenvalue weighted by molar-refractivity contribution is 14.1. The number of carboxylic acids is 1. The molecule has 0 spiro atoms. The third-order valence-electron chi connectivity index (χ3n) is 2.96. The molecule has 2 aromatic carbocycles. The number of ether oxygens (including phenoxy) is 1. The van der Waals surface area contributed by atoms with Gasteiger partial charge < -0.3 is 14.9 Å². The molecule has 2 N–H and O–H groups in total. The summed E-state index contributed by atoms with van der Waals surface area (Å²) in [5.74, 6) is -10.7. The Hall–Kier alpha value is -0.420. The van der Waals surface area contributed by atoms with Crippen molar-refractivity contribution in [3.05, 3.63) is 57.2 Å². The Kier molecular flexibility index (Phi) is 6.75. The van der Waals surface area contributed by atoms with Crippen molar-refractivity contribution in [3.8, 4) is 5.75 Å². The van der Waals surface area contributed by atoms with Crippen LogP contribution in [0.3, 0.4) is 0 Å². The van der Waals surface area contributed by atoms with Gasteiger partial charge in [-0.2, -0.15) is 0 Å². The van der Waals surface area contributed by atoms with Gasteiger partial charge in [0.15, 0.2) is 23.3 Å². The van der Waals surface area contributed by atoms with Crippen LogP contribution in [0.5, 0.6) is 5.75 Å². The molecular formula is C14H5F4I3O4. The van der Waals surface area contributed by atoms with Crippen LogP contribution in [0.4, 0.5) is 17.6 Å². The van der Waals surface area contributed by atoms with Crippen molar-refractivity contribution >= 4 is 73.7 Å². The van der Waals surface area contributed by atoms with Crippen LogP contribution in [-0.2, 0) is 0 Å². The van der Waals surface area contributed by atoms with Crippen LogP contribution >= 0.6 is 67.8 Å². The Morgan fingerprint density at radius 2 is 1.44 bits per heavy atom. The number of aliphatic hydroxyl groups excluding tert-OH is 1. The van der Waals surface area contributed by atoms with E-state index in [1.54, 1.807) is 12.1 Å². The first-order chi connectivity index (χ1) is 11.6. The Balaban J connectivity index is 2.61. The monoisotopic (exact) mass is 694 g/mol. The van der Waals surface area contributed by atoms with Crippen LogP contribution in [0.15, 0.2) is 12.1 Å².